The number of benzene rings is 1. The third-order valence-corrected chi connectivity index (χ3v) is 5.52. The van der Waals surface area contributed by atoms with Crippen molar-refractivity contribution in [2.24, 2.45) is 5.92 Å². The van der Waals surface area contributed by atoms with Crippen LogP contribution in [0.5, 0.6) is 0 Å². The van der Waals surface area contributed by atoms with Crippen LogP contribution in [0.4, 0.5) is 0 Å². The summed E-state index contributed by atoms with van der Waals surface area (Å²) >= 11 is 0. The minimum atomic E-state index is -3.85. The van der Waals surface area contributed by atoms with Gasteiger partial charge in [-0.2, -0.15) is 0 Å². The number of hydrogen-bond donors (Lipinski definition) is 1. The van der Waals surface area contributed by atoms with E-state index in [0.29, 0.717) is 17.0 Å². The van der Waals surface area contributed by atoms with Crippen molar-refractivity contribution in [2.75, 3.05) is 0 Å². The molecule has 2 rings (SSSR count). The Kier molecular flexibility index (Phi) is 4.63. The Morgan fingerprint density at radius 1 is 1.24 bits per heavy atom. The summed E-state index contributed by atoms with van der Waals surface area (Å²) in [4.78, 5) is 12.4. The van der Waals surface area contributed by atoms with Gasteiger partial charge in [0.2, 0.25) is 0 Å². The van der Waals surface area contributed by atoms with Crippen LogP contribution in [0.1, 0.15) is 47.7 Å². The van der Waals surface area contributed by atoms with Crippen LogP contribution in [0.2, 0.25) is 0 Å². The Hall–Kier alpha value is -1.07. The summed E-state index contributed by atoms with van der Waals surface area (Å²) < 4.78 is 23.1. The molecule has 1 fully saturated rings. The Balaban J connectivity index is 2.29. The minimum absolute atomic E-state index is 0.000272. The van der Waals surface area contributed by atoms with Gasteiger partial charge in [-0.3, -0.25) is 4.79 Å². The Morgan fingerprint density at radius 2 is 1.90 bits per heavy atom. The van der Waals surface area contributed by atoms with Crippen LogP contribution in [0.25, 0.3) is 0 Å². The number of halogens is 1. The van der Waals surface area contributed by atoms with E-state index in [1.54, 1.807) is 19.9 Å². The highest BCUT2D eigenvalue weighted by Crippen LogP contribution is 2.26. The van der Waals surface area contributed by atoms with E-state index in [2.05, 4.69) is 12.2 Å². The summed E-state index contributed by atoms with van der Waals surface area (Å²) in [7, 11) is 1.57. The number of carbonyl (C=O) groups excluding carboxylic acids is 1. The standard InChI is InChI=1S/C15H20ClNO3S/c1-9-4-5-12(6-9)17-15(18)13-8-14(21(16,19)20)11(3)7-10(13)2/h7-9,12H,4-6H2,1-3H3,(H,17,18). The van der Waals surface area contributed by atoms with Gasteiger partial charge in [0.1, 0.15) is 0 Å². The molecule has 1 N–H and O–H groups in total. The van der Waals surface area contributed by atoms with Crippen molar-refractivity contribution in [1.82, 2.24) is 5.32 Å². The lowest BCUT2D eigenvalue weighted by molar-refractivity contribution is 0.0936. The first-order chi connectivity index (χ1) is 9.68. The summed E-state index contributed by atoms with van der Waals surface area (Å²) in [6.07, 6.45) is 3.05. The maximum absolute atomic E-state index is 12.4. The molecule has 6 heteroatoms. The van der Waals surface area contributed by atoms with Crippen LogP contribution in [0, 0.1) is 19.8 Å². The van der Waals surface area contributed by atoms with Crippen LogP contribution >= 0.6 is 10.7 Å². The topological polar surface area (TPSA) is 63.2 Å². The third-order valence-electron chi connectivity index (χ3n) is 4.06. The van der Waals surface area contributed by atoms with Crippen molar-refractivity contribution >= 4 is 25.6 Å². The average molecular weight is 330 g/mol. The molecule has 0 bridgehead atoms. The molecule has 1 aromatic carbocycles. The van der Waals surface area contributed by atoms with Crippen LogP contribution in [0.15, 0.2) is 17.0 Å². The first-order valence-corrected chi connectivity index (χ1v) is 9.36. The minimum Gasteiger partial charge on any atom is -0.349 e. The Bertz CT molecular complexity index is 670. The lowest BCUT2D eigenvalue weighted by Crippen LogP contribution is -2.33. The predicted molar refractivity (Wildman–Crippen MR) is 83.2 cm³/mol. The van der Waals surface area contributed by atoms with Crippen molar-refractivity contribution in [3.8, 4) is 0 Å². The SMILES string of the molecule is Cc1cc(C)c(S(=O)(=O)Cl)cc1C(=O)NC1CCC(C)C1. The van der Waals surface area contributed by atoms with Gasteiger partial charge >= 0.3 is 0 Å². The third kappa shape index (κ3) is 3.77. The first-order valence-electron chi connectivity index (χ1n) is 7.05. The summed E-state index contributed by atoms with van der Waals surface area (Å²) in [5.74, 6) is 0.390. The lowest BCUT2D eigenvalue weighted by Gasteiger charge is -2.15. The molecule has 1 saturated carbocycles. The average Bonchev–Trinajstić information content (AvgIpc) is 2.72. The second-order valence-corrected chi connectivity index (χ2v) is 8.49. The molecule has 21 heavy (non-hydrogen) atoms. The number of carbonyl (C=O) groups is 1. The van der Waals surface area contributed by atoms with E-state index in [4.69, 9.17) is 10.7 Å². The van der Waals surface area contributed by atoms with Crippen LogP contribution in [-0.4, -0.2) is 20.4 Å². The van der Waals surface area contributed by atoms with Crippen LogP contribution < -0.4 is 5.32 Å². The molecule has 0 heterocycles. The molecule has 0 aliphatic heterocycles. The van der Waals surface area contributed by atoms with Gasteiger partial charge in [0.05, 0.1) is 4.90 Å². The van der Waals surface area contributed by atoms with E-state index in [9.17, 15) is 13.2 Å². The zero-order valence-electron chi connectivity index (χ0n) is 12.4. The number of rotatable bonds is 3. The van der Waals surface area contributed by atoms with E-state index < -0.39 is 9.05 Å². The maximum Gasteiger partial charge on any atom is 0.261 e. The van der Waals surface area contributed by atoms with Crippen molar-refractivity contribution in [1.29, 1.82) is 0 Å². The van der Waals surface area contributed by atoms with Gasteiger partial charge in [0, 0.05) is 22.3 Å². The Morgan fingerprint density at radius 3 is 2.43 bits per heavy atom. The number of nitrogens with one attached hydrogen (secondary N) is 1. The van der Waals surface area contributed by atoms with E-state index in [0.717, 1.165) is 24.8 Å². The second-order valence-electron chi connectivity index (χ2n) is 5.96. The van der Waals surface area contributed by atoms with E-state index in [-0.39, 0.29) is 16.8 Å². The van der Waals surface area contributed by atoms with Crippen molar-refractivity contribution in [2.45, 2.75) is 51.0 Å². The van der Waals surface area contributed by atoms with Crippen molar-refractivity contribution in [3.05, 3.63) is 28.8 Å². The zero-order valence-corrected chi connectivity index (χ0v) is 14.0. The number of aryl methyl sites for hydroxylation is 2. The van der Waals surface area contributed by atoms with E-state index in [1.165, 1.54) is 6.07 Å². The van der Waals surface area contributed by atoms with Crippen LogP contribution in [-0.2, 0) is 9.05 Å². The molecule has 2 atom stereocenters. The highest BCUT2D eigenvalue weighted by molar-refractivity contribution is 8.13. The summed E-state index contributed by atoms with van der Waals surface area (Å²) in [5.41, 5.74) is 1.67. The van der Waals surface area contributed by atoms with Gasteiger partial charge in [-0.05, 0) is 56.2 Å². The van der Waals surface area contributed by atoms with Gasteiger partial charge in [-0.25, -0.2) is 8.42 Å². The number of amides is 1. The molecule has 0 aromatic heterocycles. The van der Waals surface area contributed by atoms with Gasteiger partial charge in [-0.1, -0.05) is 13.0 Å². The van der Waals surface area contributed by atoms with Gasteiger partial charge < -0.3 is 5.32 Å². The molecular weight excluding hydrogens is 310 g/mol. The molecule has 2 unspecified atom stereocenters. The quantitative estimate of drug-likeness (QED) is 0.866. The Labute approximate surface area is 130 Å². The van der Waals surface area contributed by atoms with Crippen molar-refractivity contribution < 1.29 is 13.2 Å². The zero-order chi connectivity index (χ0) is 15.8. The molecule has 0 spiro atoms. The van der Waals surface area contributed by atoms with Crippen LogP contribution in [0.3, 0.4) is 0 Å². The fraction of sp³-hybridized carbons (Fsp3) is 0.533. The molecule has 1 amide bonds. The highest BCUT2D eigenvalue weighted by atomic mass is 35.7. The summed E-state index contributed by atoms with van der Waals surface area (Å²) in [5, 5.41) is 2.99. The predicted octanol–water partition coefficient (Wildman–Crippen LogP) is 3.15. The molecule has 1 aromatic rings. The molecule has 116 valence electrons. The van der Waals surface area contributed by atoms with E-state index in [1.807, 2.05) is 0 Å². The fourth-order valence-corrected chi connectivity index (χ4v) is 4.14. The molecule has 0 radical (unpaired) electrons. The monoisotopic (exact) mass is 329 g/mol. The summed E-state index contributed by atoms with van der Waals surface area (Å²) in [6, 6.07) is 3.23. The fourth-order valence-electron chi connectivity index (χ4n) is 2.94. The maximum atomic E-state index is 12.4. The number of hydrogen-bond acceptors (Lipinski definition) is 3. The van der Waals surface area contributed by atoms with Gasteiger partial charge in [0.25, 0.3) is 15.0 Å². The molecule has 1 aliphatic rings. The van der Waals surface area contributed by atoms with Gasteiger partial charge in [-0.15, -0.1) is 0 Å². The molecular formula is C15H20ClNO3S. The smallest absolute Gasteiger partial charge is 0.261 e. The first kappa shape index (κ1) is 16.3. The van der Waals surface area contributed by atoms with E-state index >= 15 is 0 Å². The lowest BCUT2D eigenvalue weighted by atomic mass is 10.0. The largest absolute Gasteiger partial charge is 0.349 e. The molecule has 4 nitrogen and oxygen atoms in total. The molecule has 1 aliphatic carbocycles. The highest BCUT2D eigenvalue weighted by Gasteiger charge is 2.25. The van der Waals surface area contributed by atoms with Gasteiger partial charge in [0.15, 0.2) is 0 Å². The second kappa shape index (κ2) is 5.97. The summed E-state index contributed by atoms with van der Waals surface area (Å²) in [6.45, 7) is 5.63. The molecule has 0 saturated heterocycles. The normalized spacial score (nSPS) is 22.3. The van der Waals surface area contributed by atoms with Crippen molar-refractivity contribution in [3.63, 3.8) is 0 Å².